The lowest BCUT2D eigenvalue weighted by molar-refractivity contribution is -0.119. The summed E-state index contributed by atoms with van der Waals surface area (Å²) in [6.45, 7) is 6.02. The third-order valence-corrected chi connectivity index (χ3v) is 6.49. The van der Waals surface area contributed by atoms with E-state index in [1.165, 1.54) is 17.0 Å². The molecule has 4 rings (SSSR count). The third-order valence-electron chi connectivity index (χ3n) is 6.49. The number of aryl methyl sites for hydroxylation is 1. The number of nitrogens with one attached hydrogen (secondary N) is 2. The van der Waals surface area contributed by atoms with Crippen molar-refractivity contribution in [3.63, 3.8) is 0 Å². The number of pyridine rings is 1. The first-order valence-corrected chi connectivity index (χ1v) is 12.1. The molecule has 3 amide bonds. The first-order valence-electron chi connectivity index (χ1n) is 12.1. The Bertz CT molecular complexity index is 1340. The highest BCUT2D eigenvalue weighted by molar-refractivity contribution is 5.99. The summed E-state index contributed by atoms with van der Waals surface area (Å²) in [5.74, 6) is -1.35. The predicted molar refractivity (Wildman–Crippen MR) is 139 cm³/mol. The van der Waals surface area contributed by atoms with Crippen LogP contribution in [0.1, 0.15) is 54.1 Å². The number of rotatable bonds is 6. The average Bonchev–Trinajstić information content (AvgIpc) is 3.35. The first-order chi connectivity index (χ1) is 17.6. The minimum absolute atomic E-state index is 0.0283. The second kappa shape index (κ2) is 10.8. The summed E-state index contributed by atoms with van der Waals surface area (Å²) in [5.41, 5.74) is 3.53. The molecule has 0 aliphatic carbocycles. The fourth-order valence-electron chi connectivity index (χ4n) is 4.51. The molecule has 3 aromatic rings. The summed E-state index contributed by atoms with van der Waals surface area (Å²) in [5, 5.41) is 14.6. The van der Waals surface area contributed by atoms with Gasteiger partial charge >= 0.3 is 12.0 Å². The van der Waals surface area contributed by atoms with Crippen LogP contribution in [0.3, 0.4) is 0 Å². The van der Waals surface area contributed by atoms with Gasteiger partial charge in [-0.15, -0.1) is 0 Å². The molecule has 0 bridgehead atoms. The van der Waals surface area contributed by atoms with Crippen LogP contribution < -0.4 is 10.6 Å². The molecule has 0 saturated carbocycles. The second-order valence-corrected chi connectivity index (χ2v) is 9.43. The maximum atomic E-state index is 14.3. The van der Waals surface area contributed by atoms with Gasteiger partial charge in [-0.25, -0.2) is 19.0 Å². The molecule has 192 valence electrons. The van der Waals surface area contributed by atoms with Gasteiger partial charge in [0, 0.05) is 24.0 Å². The molecule has 1 aromatic heterocycles. The van der Waals surface area contributed by atoms with E-state index in [9.17, 15) is 18.8 Å². The smallest absolute Gasteiger partial charge is 0.335 e. The maximum absolute atomic E-state index is 14.3. The van der Waals surface area contributed by atoms with Gasteiger partial charge in [-0.1, -0.05) is 26.0 Å². The number of aromatic carboxylic acids is 1. The number of anilines is 2. The van der Waals surface area contributed by atoms with E-state index in [-0.39, 0.29) is 23.2 Å². The third kappa shape index (κ3) is 5.77. The Kier molecular flexibility index (Phi) is 7.52. The molecule has 8 nitrogen and oxygen atoms in total. The Hall–Kier alpha value is -4.27. The lowest BCUT2D eigenvalue weighted by Crippen LogP contribution is -2.45. The monoisotopic (exact) mass is 504 g/mol. The van der Waals surface area contributed by atoms with Crippen molar-refractivity contribution in [2.24, 2.45) is 0 Å². The van der Waals surface area contributed by atoms with Crippen LogP contribution in [0.25, 0.3) is 11.1 Å². The Morgan fingerprint density at radius 2 is 1.86 bits per heavy atom. The molecule has 1 saturated heterocycles. The molecule has 9 heteroatoms. The number of carboxylic acid groups (broad SMARTS) is 1. The van der Waals surface area contributed by atoms with E-state index in [0.717, 1.165) is 16.7 Å². The van der Waals surface area contributed by atoms with E-state index in [2.05, 4.69) is 15.6 Å². The van der Waals surface area contributed by atoms with E-state index in [0.29, 0.717) is 36.5 Å². The van der Waals surface area contributed by atoms with Crippen LogP contribution in [0, 0.1) is 12.7 Å². The van der Waals surface area contributed by atoms with Gasteiger partial charge in [0.2, 0.25) is 5.91 Å². The van der Waals surface area contributed by atoms with Gasteiger partial charge < -0.3 is 20.6 Å². The van der Waals surface area contributed by atoms with Crippen molar-refractivity contribution in [3.8, 4) is 11.1 Å². The average molecular weight is 505 g/mol. The highest BCUT2D eigenvalue weighted by atomic mass is 19.1. The van der Waals surface area contributed by atoms with Gasteiger partial charge in [0.15, 0.2) is 0 Å². The van der Waals surface area contributed by atoms with E-state index in [1.54, 1.807) is 42.6 Å². The van der Waals surface area contributed by atoms with E-state index in [4.69, 9.17) is 5.11 Å². The minimum atomic E-state index is -0.989. The zero-order chi connectivity index (χ0) is 26.7. The number of hydrogen-bond donors (Lipinski definition) is 3. The van der Waals surface area contributed by atoms with Gasteiger partial charge in [0.1, 0.15) is 17.7 Å². The summed E-state index contributed by atoms with van der Waals surface area (Å²) in [6.07, 6.45) is 2.78. The molecule has 0 radical (unpaired) electrons. The molecule has 1 aliphatic heterocycles. The molecule has 0 spiro atoms. The number of likely N-dealkylation sites (tertiary alicyclic amines) is 1. The quantitative estimate of drug-likeness (QED) is 0.402. The molecule has 0 unspecified atom stereocenters. The number of carbonyl (C=O) groups excluding carboxylic acids is 2. The van der Waals surface area contributed by atoms with E-state index in [1.807, 2.05) is 20.8 Å². The Labute approximate surface area is 214 Å². The van der Waals surface area contributed by atoms with Crippen molar-refractivity contribution in [2.75, 3.05) is 17.2 Å². The summed E-state index contributed by atoms with van der Waals surface area (Å²) in [4.78, 5) is 42.8. The standard InChI is InChI=1S/C28H29FN4O4/c1-16(2)21-10-8-20(14-23(21)29)31-28(37)33-12-4-5-24(33)26(34)32-25-11-7-19(15-30-25)22-9-6-18(27(35)36)13-17(22)3/h6-11,13-16,24H,4-5,12H2,1-3H3,(H,31,37)(H,35,36)(H,30,32,34)/t24-/m1/s1. The Balaban J connectivity index is 1.41. The van der Waals surface area contributed by atoms with Crippen molar-refractivity contribution in [1.82, 2.24) is 9.88 Å². The fraction of sp³-hybridized carbons (Fsp3) is 0.286. The predicted octanol–water partition coefficient (Wildman–Crippen LogP) is 5.65. The lowest BCUT2D eigenvalue weighted by atomic mass is 10.00. The van der Waals surface area contributed by atoms with Gasteiger partial charge in [0.25, 0.3) is 0 Å². The molecule has 1 atom stereocenters. The van der Waals surface area contributed by atoms with Gasteiger partial charge in [0.05, 0.1) is 5.56 Å². The number of amides is 3. The van der Waals surface area contributed by atoms with Crippen molar-refractivity contribution < 1.29 is 23.9 Å². The number of carboxylic acids is 1. The zero-order valence-electron chi connectivity index (χ0n) is 20.9. The number of hydrogen-bond acceptors (Lipinski definition) is 4. The molecule has 2 heterocycles. The SMILES string of the molecule is Cc1cc(C(=O)O)ccc1-c1ccc(NC(=O)[C@H]2CCCN2C(=O)Nc2ccc(C(C)C)c(F)c2)nc1. The number of benzene rings is 2. The van der Waals surface area contributed by atoms with Crippen LogP contribution >= 0.6 is 0 Å². The van der Waals surface area contributed by atoms with Gasteiger partial charge in [-0.3, -0.25) is 4.79 Å². The van der Waals surface area contributed by atoms with Crippen molar-refractivity contribution in [1.29, 1.82) is 0 Å². The van der Waals surface area contributed by atoms with Crippen LogP contribution in [-0.2, 0) is 4.79 Å². The topological polar surface area (TPSA) is 112 Å². The fourth-order valence-corrected chi connectivity index (χ4v) is 4.51. The van der Waals surface area contributed by atoms with Crippen LogP contribution in [0.15, 0.2) is 54.7 Å². The number of carbonyl (C=O) groups is 3. The minimum Gasteiger partial charge on any atom is -0.478 e. The van der Waals surface area contributed by atoms with Crippen LogP contribution in [0.5, 0.6) is 0 Å². The molecular formula is C28H29FN4O4. The molecule has 37 heavy (non-hydrogen) atoms. The second-order valence-electron chi connectivity index (χ2n) is 9.43. The first kappa shape index (κ1) is 25.8. The lowest BCUT2D eigenvalue weighted by Gasteiger charge is -2.24. The highest BCUT2D eigenvalue weighted by Crippen LogP contribution is 2.26. The summed E-state index contributed by atoms with van der Waals surface area (Å²) in [6, 6.07) is 11.8. The zero-order valence-corrected chi connectivity index (χ0v) is 20.9. The number of nitrogens with zero attached hydrogens (tertiary/aromatic N) is 2. The summed E-state index contributed by atoms with van der Waals surface area (Å²) < 4.78 is 14.3. The molecule has 1 aliphatic rings. The summed E-state index contributed by atoms with van der Waals surface area (Å²) in [7, 11) is 0. The highest BCUT2D eigenvalue weighted by Gasteiger charge is 2.34. The van der Waals surface area contributed by atoms with Crippen LogP contribution in [-0.4, -0.2) is 45.5 Å². The van der Waals surface area contributed by atoms with Crippen molar-refractivity contribution in [2.45, 2.75) is 45.6 Å². The van der Waals surface area contributed by atoms with E-state index < -0.39 is 18.0 Å². The van der Waals surface area contributed by atoms with Crippen LogP contribution in [0.2, 0.25) is 0 Å². The molecular weight excluding hydrogens is 475 g/mol. The molecule has 3 N–H and O–H groups in total. The van der Waals surface area contributed by atoms with Crippen LogP contribution in [0.4, 0.5) is 20.7 Å². The normalized spacial score (nSPS) is 15.1. The Morgan fingerprint density at radius 1 is 1.08 bits per heavy atom. The van der Waals surface area contributed by atoms with Crippen molar-refractivity contribution in [3.05, 3.63) is 77.2 Å². The van der Waals surface area contributed by atoms with Gasteiger partial charge in [-0.2, -0.15) is 0 Å². The number of aromatic nitrogens is 1. The molecule has 1 fully saturated rings. The Morgan fingerprint density at radius 3 is 2.49 bits per heavy atom. The summed E-state index contributed by atoms with van der Waals surface area (Å²) >= 11 is 0. The number of halogens is 1. The molecule has 2 aromatic carbocycles. The van der Waals surface area contributed by atoms with Crippen molar-refractivity contribution >= 4 is 29.4 Å². The van der Waals surface area contributed by atoms with Gasteiger partial charge in [-0.05, 0) is 78.8 Å². The van der Waals surface area contributed by atoms with E-state index >= 15 is 0 Å². The largest absolute Gasteiger partial charge is 0.478 e. The maximum Gasteiger partial charge on any atom is 0.335 e. The number of urea groups is 1.